The van der Waals surface area contributed by atoms with Crippen LogP contribution >= 0.6 is 0 Å². The molecule has 9 nitrogen and oxygen atoms in total. The first-order chi connectivity index (χ1) is 14.6. The van der Waals surface area contributed by atoms with E-state index in [2.05, 4.69) is 25.4 Å². The molecule has 4 aromatic rings. The summed E-state index contributed by atoms with van der Waals surface area (Å²) in [5.74, 6) is -0.489. The summed E-state index contributed by atoms with van der Waals surface area (Å²) in [7, 11) is -0.345. The van der Waals surface area contributed by atoms with Crippen molar-refractivity contribution in [2.24, 2.45) is 7.05 Å². The molecule has 2 N–H and O–H groups in total. The van der Waals surface area contributed by atoms with E-state index in [-0.39, 0.29) is 5.65 Å². The molecule has 0 bridgehead atoms. The fourth-order valence-electron chi connectivity index (χ4n) is 3.11. The number of sulfonamides is 1. The van der Waals surface area contributed by atoms with Gasteiger partial charge in [0.1, 0.15) is 5.52 Å². The van der Waals surface area contributed by atoms with Gasteiger partial charge in [0, 0.05) is 32.1 Å². The van der Waals surface area contributed by atoms with E-state index < -0.39 is 22.3 Å². The molecule has 0 spiro atoms. The zero-order valence-corrected chi connectivity index (χ0v) is 17.7. The number of alkyl halides is 2. The molecule has 162 valence electrons. The van der Waals surface area contributed by atoms with Gasteiger partial charge in [-0.25, -0.2) is 27.2 Å². The predicted octanol–water partition coefficient (Wildman–Crippen LogP) is 3.44. The van der Waals surface area contributed by atoms with Crippen LogP contribution in [0.4, 0.5) is 25.8 Å². The van der Waals surface area contributed by atoms with Crippen molar-refractivity contribution in [3.8, 4) is 11.1 Å². The van der Waals surface area contributed by atoms with E-state index >= 15 is 0 Å². The highest BCUT2D eigenvalue weighted by molar-refractivity contribution is 7.92. The maximum absolute atomic E-state index is 13.1. The van der Waals surface area contributed by atoms with E-state index in [9.17, 15) is 17.2 Å². The SMILES string of the molecule is CN(c1cc(-c2cnn(C)c2)ccc1Nc1ccnc2nc(C(F)F)[nH]c12)S(C)(=O)=O. The Morgan fingerprint density at radius 2 is 1.97 bits per heavy atom. The molecule has 4 rings (SSSR count). The summed E-state index contributed by atoms with van der Waals surface area (Å²) in [6.07, 6.45) is 3.25. The molecule has 1 aromatic carbocycles. The molecule has 0 aliphatic heterocycles. The minimum atomic E-state index is -3.57. The molecule has 0 saturated carbocycles. The second kappa shape index (κ2) is 7.61. The van der Waals surface area contributed by atoms with Crippen LogP contribution in [-0.2, 0) is 17.1 Å². The Balaban J connectivity index is 1.82. The summed E-state index contributed by atoms with van der Waals surface area (Å²) < 4.78 is 53.4. The number of nitrogens with zero attached hydrogens (tertiary/aromatic N) is 5. The Morgan fingerprint density at radius 1 is 1.19 bits per heavy atom. The third-order valence-corrected chi connectivity index (χ3v) is 5.95. The molecule has 31 heavy (non-hydrogen) atoms. The molecule has 0 unspecified atom stereocenters. The van der Waals surface area contributed by atoms with Gasteiger partial charge in [-0.1, -0.05) is 6.07 Å². The molecule has 3 heterocycles. The van der Waals surface area contributed by atoms with E-state index in [1.54, 1.807) is 36.1 Å². The Bertz CT molecular complexity index is 1360. The van der Waals surface area contributed by atoms with Crippen LogP contribution in [0.1, 0.15) is 12.2 Å². The minimum Gasteiger partial charge on any atom is -0.352 e. The fraction of sp³-hybridized carbons (Fsp3) is 0.211. The van der Waals surface area contributed by atoms with Crippen molar-refractivity contribution in [2.75, 3.05) is 22.9 Å². The van der Waals surface area contributed by atoms with Gasteiger partial charge in [-0.05, 0) is 23.8 Å². The van der Waals surface area contributed by atoms with Gasteiger partial charge in [-0.3, -0.25) is 8.99 Å². The summed E-state index contributed by atoms with van der Waals surface area (Å²) in [4.78, 5) is 10.4. The molecule has 0 amide bonds. The van der Waals surface area contributed by atoms with E-state index in [4.69, 9.17) is 0 Å². The van der Waals surface area contributed by atoms with Crippen molar-refractivity contribution in [1.29, 1.82) is 0 Å². The van der Waals surface area contributed by atoms with Gasteiger partial charge < -0.3 is 10.3 Å². The number of aromatic nitrogens is 5. The topological polar surface area (TPSA) is 109 Å². The number of halogens is 2. The third-order valence-electron chi connectivity index (χ3n) is 4.76. The number of hydrogen-bond acceptors (Lipinski definition) is 6. The molecule has 0 fully saturated rings. The summed E-state index contributed by atoms with van der Waals surface area (Å²) in [6.45, 7) is 0. The molecule has 0 aliphatic rings. The Labute approximate surface area is 176 Å². The van der Waals surface area contributed by atoms with E-state index in [1.807, 2.05) is 12.3 Å². The van der Waals surface area contributed by atoms with Crippen LogP contribution in [0.2, 0.25) is 0 Å². The van der Waals surface area contributed by atoms with Gasteiger partial charge >= 0.3 is 0 Å². The van der Waals surface area contributed by atoms with E-state index in [0.29, 0.717) is 22.6 Å². The van der Waals surface area contributed by atoms with Gasteiger partial charge in [-0.15, -0.1) is 0 Å². The highest BCUT2D eigenvalue weighted by atomic mass is 32.2. The Kier molecular flexibility index (Phi) is 5.09. The quantitative estimate of drug-likeness (QED) is 0.469. The normalized spacial score (nSPS) is 11.9. The first-order valence-electron chi connectivity index (χ1n) is 9.10. The van der Waals surface area contributed by atoms with Gasteiger partial charge in [0.05, 0.1) is 29.5 Å². The van der Waals surface area contributed by atoms with Crippen LogP contribution in [0, 0.1) is 0 Å². The third kappa shape index (κ3) is 4.06. The second-order valence-corrected chi connectivity index (χ2v) is 8.98. The number of imidazole rings is 1. The van der Waals surface area contributed by atoms with E-state index in [0.717, 1.165) is 21.7 Å². The van der Waals surface area contributed by atoms with Crippen molar-refractivity contribution < 1.29 is 17.2 Å². The number of anilines is 3. The van der Waals surface area contributed by atoms with E-state index in [1.165, 1.54) is 13.2 Å². The molecule has 0 radical (unpaired) electrons. The van der Waals surface area contributed by atoms with Crippen molar-refractivity contribution >= 4 is 38.2 Å². The Hall–Kier alpha value is -3.54. The fourth-order valence-corrected chi connectivity index (χ4v) is 3.62. The van der Waals surface area contributed by atoms with Crippen LogP contribution in [0.3, 0.4) is 0 Å². The number of aromatic amines is 1. The highest BCUT2D eigenvalue weighted by Crippen LogP contribution is 2.35. The monoisotopic (exact) mass is 447 g/mol. The maximum atomic E-state index is 13.1. The number of hydrogen-bond donors (Lipinski definition) is 2. The lowest BCUT2D eigenvalue weighted by atomic mass is 10.1. The largest absolute Gasteiger partial charge is 0.352 e. The lowest BCUT2D eigenvalue weighted by Crippen LogP contribution is -2.25. The zero-order chi connectivity index (χ0) is 22.3. The van der Waals surface area contributed by atoms with Crippen molar-refractivity contribution in [3.05, 3.63) is 48.7 Å². The first kappa shape index (κ1) is 20.7. The number of pyridine rings is 1. The standard InChI is InChI=1S/C19H19F2N7O2S/c1-27-10-12(9-23-27)11-4-5-13(15(8-11)28(2)31(3,29)30)24-14-6-7-22-18-16(14)25-19(26-18)17(20)21/h4-10,17H,1-3H3,(H2,22,24,25,26). The number of H-pyrrole nitrogens is 1. The van der Waals surface area contributed by atoms with Gasteiger partial charge in [0.2, 0.25) is 10.0 Å². The van der Waals surface area contributed by atoms with Gasteiger partial charge in [0.25, 0.3) is 6.43 Å². The summed E-state index contributed by atoms with van der Waals surface area (Å²) in [6, 6.07) is 6.84. The predicted molar refractivity (Wildman–Crippen MR) is 114 cm³/mol. The summed E-state index contributed by atoms with van der Waals surface area (Å²) >= 11 is 0. The average molecular weight is 447 g/mol. The van der Waals surface area contributed by atoms with Crippen LogP contribution < -0.4 is 9.62 Å². The van der Waals surface area contributed by atoms with Crippen LogP contribution in [0.25, 0.3) is 22.3 Å². The van der Waals surface area contributed by atoms with Crippen LogP contribution in [0.5, 0.6) is 0 Å². The smallest absolute Gasteiger partial charge is 0.295 e. The molecule has 0 aliphatic carbocycles. The van der Waals surface area contributed by atoms with Crippen molar-refractivity contribution in [1.82, 2.24) is 24.7 Å². The average Bonchev–Trinajstić information content (AvgIpc) is 3.34. The number of benzene rings is 1. The van der Waals surface area contributed by atoms with Gasteiger partial charge in [0.15, 0.2) is 11.5 Å². The second-order valence-electron chi connectivity index (χ2n) is 6.97. The number of aryl methyl sites for hydroxylation is 1. The number of nitrogens with one attached hydrogen (secondary N) is 2. The maximum Gasteiger partial charge on any atom is 0.295 e. The minimum absolute atomic E-state index is 0.130. The van der Waals surface area contributed by atoms with Gasteiger partial charge in [-0.2, -0.15) is 5.10 Å². The molecule has 0 atom stereocenters. The number of rotatable bonds is 6. The summed E-state index contributed by atoms with van der Waals surface area (Å²) in [5, 5.41) is 7.27. The van der Waals surface area contributed by atoms with Crippen molar-refractivity contribution in [3.63, 3.8) is 0 Å². The molecule has 3 aromatic heterocycles. The summed E-state index contributed by atoms with van der Waals surface area (Å²) in [5.41, 5.74) is 3.28. The molecule has 0 saturated heterocycles. The number of fused-ring (bicyclic) bond motifs is 1. The highest BCUT2D eigenvalue weighted by Gasteiger charge is 2.20. The van der Waals surface area contributed by atoms with Crippen LogP contribution in [0.15, 0.2) is 42.9 Å². The van der Waals surface area contributed by atoms with Crippen molar-refractivity contribution in [2.45, 2.75) is 6.43 Å². The zero-order valence-electron chi connectivity index (χ0n) is 16.8. The molecular weight excluding hydrogens is 428 g/mol. The lowest BCUT2D eigenvalue weighted by molar-refractivity contribution is 0.142. The Morgan fingerprint density at radius 3 is 2.61 bits per heavy atom. The lowest BCUT2D eigenvalue weighted by Gasteiger charge is -2.22. The molecule has 12 heteroatoms. The van der Waals surface area contributed by atoms with Crippen LogP contribution in [-0.4, -0.2) is 46.5 Å². The first-order valence-corrected chi connectivity index (χ1v) is 10.9. The molecular formula is C19H19F2N7O2S.